The van der Waals surface area contributed by atoms with Crippen molar-refractivity contribution in [2.24, 2.45) is 0 Å². The molecule has 0 bridgehead atoms. The second-order valence-corrected chi connectivity index (χ2v) is 2.73. The SMILES string of the molecule is O=CN(CC(O)CO)CC(O)CO. The molecule has 0 saturated heterocycles. The Hall–Kier alpha value is -0.690. The lowest BCUT2D eigenvalue weighted by atomic mass is 10.3. The molecule has 0 fully saturated rings. The van der Waals surface area contributed by atoms with Crippen molar-refractivity contribution in [3.63, 3.8) is 0 Å². The van der Waals surface area contributed by atoms with Crippen molar-refractivity contribution in [2.45, 2.75) is 12.2 Å². The van der Waals surface area contributed by atoms with Gasteiger partial charge in [0.15, 0.2) is 0 Å². The third-order valence-corrected chi connectivity index (χ3v) is 1.46. The molecule has 0 aromatic carbocycles. The summed E-state index contributed by atoms with van der Waals surface area (Å²) in [6.07, 6.45) is -1.59. The maximum Gasteiger partial charge on any atom is 0.209 e. The molecule has 0 radical (unpaired) electrons. The molecule has 0 rings (SSSR count). The highest BCUT2D eigenvalue weighted by atomic mass is 16.3. The molecule has 6 nitrogen and oxygen atoms in total. The van der Waals surface area contributed by atoms with Gasteiger partial charge in [-0.3, -0.25) is 4.79 Å². The van der Waals surface area contributed by atoms with Crippen molar-refractivity contribution < 1.29 is 25.2 Å². The molecule has 1 amide bonds. The van der Waals surface area contributed by atoms with E-state index in [1.54, 1.807) is 0 Å². The molecular weight excluding hydrogens is 178 g/mol. The zero-order chi connectivity index (χ0) is 10.3. The van der Waals surface area contributed by atoms with Gasteiger partial charge in [-0.1, -0.05) is 0 Å². The van der Waals surface area contributed by atoms with Crippen molar-refractivity contribution in [3.05, 3.63) is 0 Å². The van der Waals surface area contributed by atoms with Crippen LogP contribution in [0, 0.1) is 0 Å². The zero-order valence-electron chi connectivity index (χ0n) is 7.20. The first kappa shape index (κ1) is 12.3. The Balaban J connectivity index is 3.81. The van der Waals surface area contributed by atoms with Gasteiger partial charge in [0.2, 0.25) is 6.41 Å². The number of aliphatic hydroxyl groups excluding tert-OH is 4. The third kappa shape index (κ3) is 5.53. The molecule has 6 heteroatoms. The summed E-state index contributed by atoms with van der Waals surface area (Å²) < 4.78 is 0. The van der Waals surface area contributed by atoms with Crippen LogP contribution in [0.1, 0.15) is 0 Å². The molecule has 0 aliphatic rings. The minimum Gasteiger partial charge on any atom is -0.394 e. The Morgan fingerprint density at radius 3 is 1.69 bits per heavy atom. The minimum atomic E-state index is -1.02. The first-order valence-corrected chi connectivity index (χ1v) is 3.91. The summed E-state index contributed by atoms with van der Waals surface area (Å²) in [5, 5.41) is 34.8. The van der Waals surface area contributed by atoms with Gasteiger partial charge in [-0.15, -0.1) is 0 Å². The van der Waals surface area contributed by atoms with Gasteiger partial charge >= 0.3 is 0 Å². The fraction of sp³-hybridized carbons (Fsp3) is 0.857. The predicted octanol–water partition coefficient (Wildman–Crippen LogP) is -2.85. The Morgan fingerprint density at radius 2 is 1.46 bits per heavy atom. The van der Waals surface area contributed by atoms with Crippen molar-refractivity contribution in [1.29, 1.82) is 0 Å². The van der Waals surface area contributed by atoms with E-state index in [2.05, 4.69) is 0 Å². The first-order valence-electron chi connectivity index (χ1n) is 3.91. The molecule has 0 aliphatic carbocycles. The van der Waals surface area contributed by atoms with E-state index < -0.39 is 25.4 Å². The van der Waals surface area contributed by atoms with E-state index in [0.717, 1.165) is 4.90 Å². The standard InChI is InChI=1S/C7H15NO5/c9-3-6(12)1-8(5-11)2-7(13)4-10/h5-7,9-10,12-13H,1-4H2. The van der Waals surface area contributed by atoms with Gasteiger partial charge in [-0.05, 0) is 0 Å². The minimum absolute atomic E-state index is 0.0585. The second-order valence-electron chi connectivity index (χ2n) is 2.73. The van der Waals surface area contributed by atoms with E-state index in [1.807, 2.05) is 0 Å². The molecule has 2 atom stereocenters. The average Bonchev–Trinajstić information content (AvgIpc) is 2.16. The number of hydrogen-bond donors (Lipinski definition) is 4. The molecule has 4 N–H and O–H groups in total. The van der Waals surface area contributed by atoms with Gasteiger partial charge in [0.05, 0.1) is 25.4 Å². The van der Waals surface area contributed by atoms with Gasteiger partial charge in [-0.25, -0.2) is 0 Å². The normalized spacial score (nSPS) is 15.1. The maximum absolute atomic E-state index is 10.3. The van der Waals surface area contributed by atoms with E-state index >= 15 is 0 Å². The number of aliphatic hydroxyl groups is 4. The quantitative estimate of drug-likeness (QED) is 0.326. The lowest BCUT2D eigenvalue weighted by Crippen LogP contribution is -2.39. The number of carbonyl (C=O) groups excluding carboxylic acids is 1. The summed E-state index contributed by atoms with van der Waals surface area (Å²) in [5.74, 6) is 0. The Bertz CT molecular complexity index is 131. The highest BCUT2D eigenvalue weighted by Gasteiger charge is 2.12. The lowest BCUT2D eigenvalue weighted by Gasteiger charge is -2.21. The average molecular weight is 193 g/mol. The van der Waals surface area contributed by atoms with E-state index in [-0.39, 0.29) is 13.1 Å². The first-order chi connectivity index (χ1) is 6.13. The third-order valence-electron chi connectivity index (χ3n) is 1.46. The molecule has 13 heavy (non-hydrogen) atoms. The highest BCUT2D eigenvalue weighted by Crippen LogP contribution is 1.92. The summed E-state index contributed by atoms with van der Waals surface area (Å²) in [7, 11) is 0. The fourth-order valence-electron chi connectivity index (χ4n) is 0.817. The molecule has 0 aromatic rings. The second kappa shape index (κ2) is 6.79. The Labute approximate surface area is 76.0 Å². The van der Waals surface area contributed by atoms with Crippen LogP contribution in [0.4, 0.5) is 0 Å². The summed E-state index contributed by atoms with van der Waals surface area (Å²) in [5.41, 5.74) is 0. The predicted molar refractivity (Wildman–Crippen MR) is 43.8 cm³/mol. The Morgan fingerprint density at radius 1 is 1.08 bits per heavy atom. The lowest BCUT2D eigenvalue weighted by molar-refractivity contribution is -0.121. The summed E-state index contributed by atoms with van der Waals surface area (Å²) in [6, 6.07) is 0. The van der Waals surface area contributed by atoms with Gasteiger partial charge in [0.1, 0.15) is 0 Å². The molecule has 0 aliphatic heterocycles. The van der Waals surface area contributed by atoms with Crippen LogP contribution in [0.5, 0.6) is 0 Å². The molecule has 0 aromatic heterocycles. The van der Waals surface area contributed by atoms with Crippen LogP contribution in [0.15, 0.2) is 0 Å². The van der Waals surface area contributed by atoms with Crippen LogP contribution in [0.25, 0.3) is 0 Å². The van der Waals surface area contributed by atoms with E-state index in [1.165, 1.54) is 0 Å². The number of nitrogens with zero attached hydrogens (tertiary/aromatic N) is 1. The van der Waals surface area contributed by atoms with Crippen LogP contribution in [-0.4, -0.2) is 70.2 Å². The van der Waals surface area contributed by atoms with E-state index in [0.29, 0.717) is 6.41 Å². The number of rotatable bonds is 7. The van der Waals surface area contributed by atoms with Crippen molar-refractivity contribution in [3.8, 4) is 0 Å². The highest BCUT2D eigenvalue weighted by molar-refractivity contribution is 5.47. The molecular formula is C7H15NO5. The molecule has 0 heterocycles. The van der Waals surface area contributed by atoms with Crippen LogP contribution >= 0.6 is 0 Å². The zero-order valence-corrected chi connectivity index (χ0v) is 7.20. The number of hydrogen-bond acceptors (Lipinski definition) is 5. The monoisotopic (exact) mass is 193 g/mol. The maximum atomic E-state index is 10.3. The van der Waals surface area contributed by atoms with E-state index in [4.69, 9.17) is 20.4 Å². The van der Waals surface area contributed by atoms with Gasteiger partial charge < -0.3 is 25.3 Å². The molecule has 0 spiro atoms. The number of amides is 1. The van der Waals surface area contributed by atoms with Crippen LogP contribution < -0.4 is 0 Å². The van der Waals surface area contributed by atoms with Gasteiger partial charge in [0, 0.05) is 13.1 Å². The molecule has 0 saturated carbocycles. The fourth-order valence-corrected chi connectivity index (χ4v) is 0.817. The summed E-state index contributed by atoms with van der Waals surface area (Å²) in [4.78, 5) is 11.4. The van der Waals surface area contributed by atoms with Crippen LogP contribution in [0.2, 0.25) is 0 Å². The van der Waals surface area contributed by atoms with Gasteiger partial charge in [-0.2, -0.15) is 0 Å². The number of carbonyl (C=O) groups is 1. The van der Waals surface area contributed by atoms with Crippen molar-refractivity contribution in [2.75, 3.05) is 26.3 Å². The largest absolute Gasteiger partial charge is 0.394 e. The Kier molecular flexibility index (Phi) is 6.43. The van der Waals surface area contributed by atoms with E-state index in [9.17, 15) is 4.79 Å². The molecule has 78 valence electrons. The van der Waals surface area contributed by atoms with Crippen molar-refractivity contribution in [1.82, 2.24) is 4.90 Å². The van der Waals surface area contributed by atoms with Gasteiger partial charge in [0.25, 0.3) is 0 Å². The summed E-state index contributed by atoms with van der Waals surface area (Å²) >= 11 is 0. The van der Waals surface area contributed by atoms with Crippen LogP contribution in [-0.2, 0) is 4.79 Å². The topological polar surface area (TPSA) is 101 Å². The smallest absolute Gasteiger partial charge is 0.209 e. The van der Waals surface area contributed by atoms with Crippen molar-refractivity contribution >= 4 is 6.41 Å². The van der Waals surface area contributed by atoms with Crippen LogP contribution in [0.3, 0.4) is 0 Å². The molecule has 2 unspecified atom stereocenters. The summed E-state index contributed by atoms with van der Waals surface area (Å²) in [6.45, 7) is -1.01.